The number of hydrogen-bond donors (Lipinski definition) is 1. The van der Waals surface area contributed by atoms with E-state index in [0.717, 1.165) is 50.2 Å². The predicted molar refractivity (Wildman–Crippen MR) is 120 cm³/mol. The summed E-state index contributed by atoms with van der Waals surface area (Å²) in [5, 5.41) is 3.30. The normalized spacial score (nSPS) is 21.5. The molecule has 27 heavy (non-hydrogen) atoms. The van der Waals surface area contributed by atoms with E-state index in [0.29, 0.717) is 26.2 Å². The number of furan rings is 1. The molecular weight excluding hydrogens is 477 g/mol. The molecule has 152 valence electrons. The van der Waals surface area contributed by atoms with Crippen LogP contribution >= 0.6 is 24.0 Å². The first-order chi connectivity index (χ1) is 12.6. The van der Waals surface area contributed by atoms with Gasteiger partial charge in [0.05, 0.1) is 16.8 Å². The van der Waals surface area contributed by atoms with Gasteiger partial charge in [-0.05, 0) is 25.0 Å². The lowest BCUT2D eigenvalue weighted by Crippen LogP contribution is -2.60. The lowest BCUT2D eigenvalue weighted by molar-refractivity contribution is 0.274. The number of hydrogen-bond acceptors (Lipinski definition) is 4. The fourth-order valence-corrected chi connectivity index (χ4v) is 6.13. The Bertz CT molecular complexity index is 725. The maximum Gasteiger partial charge on any atom is 0.194 e. The molecule has 1 aromatic heterocycles. The van der Waals surface area contributed by atoms with Crippen LogP contribution in [0.2, 0.25) is 0 Å². The molecule has 1 spiro atoms. The van der Waals surface area contributed by atoms with Gasteiger partial charge in [0.1, 0.15) is 5.76 Å². The monoisotopic (exact) mass is 507 g/mol. The zero-order valence-corrected chi connectivity index (χ0v) is 18.9. The minimum Gasteiger partial charge on any atom is -0.469 e. The molecular formula is C19H30IN3O3S. The Kier molecular flexibility index (Phi) is 8.20. The second-order valence-electron chi connectivity index (χ2n) is 7.19. The van der Waals surface area contributed by atoms with Crippen LogP contribution in [-0.4, -0.2) is 56.0 Å². The first kappa shape index (κ1) is 22.3. The van der Waals surface area contributed by atoms with E-state index in [4.69, 9.17) is 9.41 Å². The molecule has 1 aromatic rings. The van der Waals surface area contributed by atoms with Crippen molar-refractivity contribution in [3.8, 4) is 0 Å². The Balaban J connectivity index is 0.00000261. The number of aliphatic imine (C=N–C) groups is 1. The van der Waals surface area contributed by atoms with Crippen LogP contribution in [0.3, 0.4) is 0 Å². The molecule has 1 N–H and O–H groups in total. The van der Waals surface area contributed by atoms with Gasteiger partial charge in [-0.2, -0.15) is 0 Å². The van der Waals surface area contributed by atoms with Crippen molar-refractivity contribution in [1.82, 2.24) is 10.2 Å². The fraction of sp³-hybridized carbons (Fsp3) is 0.632. The predicted octanol–water partition coefficient (Wildman–Crippen LogP) is 3.01. The third-order valence-corrected chi connectivity index (χ3v) is 8.01. The maximum absolute atomic E-state index is 12.8. The first-order valence-electron chi connectivity index (χ1n) is 9.45. The van der Waals surface area contributed by atoms with Crippen molar-refractivity contribution in [1.29, 1.82) is 0 Å². The number of sulfone groups is 1. The number of guanidine groups is 1. The van der Waals surface area contributed by atoms with Crippen molar-refractivity contribution in [2.45, 2.75) is 43.3 Å². The quantitative estimate of drug-likeness (QED) is 0.287. The number of nitrogens with one attached hydrogen (secondary N) is 1. The molecule has 3 rings (SSSR count). The fourth-order valence-electron chi connectivity index (χ4n) is 3.98. The highest BCUT2D eigenvalue weighted by molar-refractivity contribution is 14.0. The maximum atomic E-state index is 12.8. The summed E-state index contributed by atoms with van der Waals surface area (Å²) in [7, 11) is -3.05. The zero-order valence-electron chi connectivity index (χ0n) is 15.7. The number of rotatable bonds is 5. The van der Waals surface area contributed by atoms with Crippen molar-refractivity contribution >= 4 is 39.8 Å². The van der Waals surface area contributed by atoms with E-state index in [9.17, 15) is 8.42 Å². The van der Waals surface area contributed by atoms with Crippen LogP contribution in [-0.2, 0) is 16.3 Å². The van der Waals surface area contributed by atoms with Gasteiger partial charge >= 0.3 is 0 Å². The largest absolute Gasteiger partial charge is 0.469 e. The molecule has 6 nitrogen and oxygen atoms in total. The van der Waals surface area contributed by atoms with Gasteiger partial charge in [0, 0.05) is 32.6 Å². The van der Waals surface area contributed by atoms with Gasteiger partial charge in [0.2, 0.25) is 0 Å². The summed E-state index contributed by atoms with van der Waals surface area (Å²) in [6.45, 7) is 6.00. The molecule has 2 aliphatic rings. The van der Waals surface area contributed by atoms with Gasteiger partial charge in [-0.15, -0.1) is 30.6 Å². The smallest absolute Gasteiger partial charge is 0.194 e. The van der Waals surface area contributed by atoms with E-state index >= 15 is 0 Å². The van der Waals surface area contributed by atoms with Crippen LogP contribution in [0.5, 0.6) is 0 Å². The van der Waals surface area contributed by atoms with Crippen molar-refractivity contribution in [3.05, 3.63) is 36.8 Å². The Morgan fingerprint density at radius 1 is 1.37 bits per heavy atom. The van der Waals surface area contributed by atoms with Gasteiger partial charge in [0.15, 0.2) is 15.8 Å². The lowest BCUT2D eigenvalue weighted by Gasteiger charge is -2.45. The topological polar surface area (TPSA) is 74.9 Å². The average molecular weight is 507 g/mol. The van der Waals surface area contributed by atoms with E-state index in [1.165, 1.54) is 0 Å². The van der Waals surface area contributed by atoms with Gasteiger partial charge in [-0.25, -0.2) is 8.42 Å². The summed E-state index contributed by atoms with van der Waals surface area (Å²) in [6.07, 6.45) is 8.85. The van der Waals surface area contributed by atoms with Crippen LogP contribution in [0.25, 0.3) is 0 Å². The summed E-state index contributed by atoms with van der Waals surface area (Å²) in [5.41, 5.74) is 0. The van der Waals surface area contributed by atoms with E-state index in [1.807, 2.05) is 12.1 Å². The van der Waals surface area contributed by atoms with Crippen molar-refractivity contribution in [2.75, 3.05) is 31.9 Å². The average Bonchev–Trinajstić information content (AvgIpc) is 3.15. The molecule has 0 radical (unpaired) electrons. The summed E-state index contributed by atoms with van der Waals surface area (Å²) in [4.78, 5) is 6.84. The van der Waals surface area contributed by atoms with Gasteiger partial charge in [0.25, 0.3) is 0 Å². The van der Waals surface area contributed by atoms with Crippen LogP contribution in [0.1, 0.15) is 37.9 Å². The third-order valence-electron chi connectivity index (χ3n) is 5.44. The zero-order chi connectivity index (χ0) is 18.5. The summed E-state index contributed by atoms with van der Waals surface area (Å²) >= 11 is 0. The molecule has 0 atom stereocenters. The molecule has 1 saturated carbocycles. The minimum atomic E-state index is -3.05. The summed E-state index contributed by atoms with van der Waals surface area (Å²) < 4.78 is 30.4. The lowest BCUT2D eigenvalue weighted by atomic mass is 9.87. The van der Waals surface area contributed by atoms with Crippen molar-refractivity contribution < 1.29 is 12.8 Å². The summed E-state index contributed by atoms with van der Waals surface area (Å²) in [5.74, 6) is 1.89. The molecule has 1 saturated heterocycles. The van der Waals surface area contributed by atoms with Crippen molar-refractivity contribution in [3.63, 3.8) is 0 Å². The standard InChI is InChI=1S/C19H29N3O3S.HI/c1-2-11-20-18(21-12-8-17-7-6-14-25-17)22-13-15-26(23,24)19(16-22)9-4-3-5-10-19;/h2,6-7,14H,1,3-5,8-13,15-16H2,(H,20,21);1H. The van der Waals surface area contributed by atoms with Crippen LogP contribution < -0.4 is 5.32 Å². The van der Waals surface area contributed by atoms with Gasteiger partial charge in [-0.1, -0.05) is 25.3 Å². The molecule has 0 amide bonds. The Labute approximate surface area is 179 Å². The van der Waals surface area contributed by atoms with Gasteiger partial charge < -0.3 is 14.6 Å². The Morgan fingerprint density at radius 3 is 2.81 bits per heavy atom. The minimum absolute atomic E-state index is 0. The number of halogens is 1. The second kappa shape index (κ2) is 9.95. The molecule has 0 bridgehead atoms. The van der Waals surface area contributed by atoms with Crippen LogP contribution in [0.15, 0.2) is 40.5 Å². The molecule has 0 unspecified atom stereocenters. The van der Waals surface area contributed by atoms with Gasteiger partial charge in [-0.3, -0.25) is 4.99 Å². The van der Waals surface area contributed by atoms with E-state index in [2.05, 4.69) is 16.8 Å². The summed E-state index contributed by atoms with van der Waals surface area (Å²) in [6, 6.07) is 3.81. The third kappa shape index (κ3) is 5.28. The molecule has 8 heteroatoms. The Morgan fingerprint density at radius 2 is 2.15 bits per heavy atom. The van der Waals surface area contributed by atoms with Crippen LogP contribution in [0.4, 0.5) is 0 Å². The van der Waals surface area contributed by atoms with Crippen molar-refractivity contribution in [2.24, 2.45) is 4.99 Å². The highest BCUT2D eigenvalue weighted by Gasteiger charge is 2.48. The second-order valence-corrected chi connectivity index (χ2v) is 9.69. The highest BCUT2D eigenvalue weighted by atomic mass is 127. The molecule has 0 aromatic carbocycles. The number of nitrogens with zero attached hydrogens (tertiary/aromatic N) is 2. The van der Waals surface area contributed by atoms with E-state index < -0.39 is 14.6 Å². The molecule has 1 aliphatic carbocycles. The molecule has 2 heterocycles. The molecule has 2 fully saturated rings. The van der Waals surface area contributed by atoms with Crippen LogP contribution in [0, 0.1) is 0 Å². The van der Waals surface area contributed by atoms with E-state index in [1.54, 1.807) is 12.3 Å². The van der Waals surface area contributed by atoms with E-state index in [-0.39, 0.29) is 29.7 Å². The Hall–Kier alpha value is -1.03. The first-order valence-corrected chi connectivity index (χ1v) is 11.1. The molecule has 1 aliphatic heterocycles. The SMILES string of the molecule is C=CCNC(=NCCc1ccco1)N1CCS(=O)(=O)C2(CCCCC2)C1.I. The highest BCUT2D eigenvalue weighted by Crippen LogP contribution is 2.38.